The van der Waals surface area contributed by atoms with Crippen LogP contribution in [0.4, 0.5) is 0 Å². The standard InChI is InChI=1S/C18H28O/c1-4-6-8-9-15-18(3,14-7-5-2)16-10-12-17(19)13-11-16/h5,10-13,19H,2,4,6-9,14-15H2,1,3H3. The van der Waals surface area contributed by atoms with Gasteiger partial charge in [-0.25, -0.2) is 0 Å². The van der Waals surface area contributed by atoms with Gasteiger partial charge in [0, 0.05) is 0 Å². The fourth-order valence-electron chi connectivity index (χ4n) is 2.64. The van der Waals surface area contributed by atoms with Crippen LogP contribution in [0.1, 0.15) is 64.4 Å². The Bertz CT molecular complexity index is 366. The van der Waals surface area contributed by atoms with Crippen LogP contribution in [0.3, 0.4) is 0 Å². The van der Waals surface area contributed by atoms with Crippen molar-refractivity contribution in [2.24, 2.45) is 0 Å². The zero-order valence-electron chi connectivity index (χ0n) is 12.5. The van der Waals surface area contributed by atoms with E-state index in [2.05, 4.69) is 32.6 Å². The minimum absolute atomic E-state index is 0.204. The van der Waals surface area contributed by atoms with Crippen molar-refractivity contribution >= 4 is 0 Å². The number of hydrogen-bond acceptors (Lipinski definition) is 1. The van der Waals surface area contributed by atoms with Gasteiger partial charge in [-0.3, -0.25) is 0 Å². The third-order valence-corrected chi connectivity index (χ3v) is 4.05. The number of phenols is 1. The fraction of sp³-hybridized carbons (Fsp3) is 0.556. The Balaban J connectivity index is 2.73. The summed E-state index contributed by atoms with van der Waals surface area (Å²) in [6.07, 6.45) is 10.6. The molecule has 0 bridgehead atoms. The van der Waals surface area contributed by atoms with Crippen LogP contribution in [0.15, 0.2) is 36.9 Å². The lowest BCUT2D eigenvalue weighted by atomic mass is 9.74. The van der Waals surface area contributed by atoms with E-state index in [9.17, 15) is 5.11 Å². The van der Waals surface area contributed by atoms with E-state index in [0.717, 1.165) is 12.8 Å². The van der Waals surface area contributed by atoms with E-state index in [-0.39, 0.29) is 5.41 Å². The van der Waals surface area contributed by atoms with E-state index in [1.807, 2.05) is 6.08 Å². The van der Waals surface area contributed by atoms with Crippen molar-refractivity contribution in [3.63, 3.8) is 0 Å². The Labute approximate surface area is 118 Å². The molecular formula is C18H28O. The summed E-state index contributed by atoms with van der Waals surface area (Å²) in [5.74, 6) is 0.348. The minimum Gasteiger partial charge on any atom is -0.508 e. The highest BCUT2D eigenvalue weighted by molar-refractivity contribution is 5.31. The van der Waals surface area contributed by atoms with Crippen LogP contribution in [0.25, 0.3) is 0 Å². The van der Waals surface area contributed by atoms with Gasteiger partial charge in [0.1, 0.15) is 5.75 Å². The van der Waals surface area contributed by atoms with E-state index in [1.165, 1.54) is 37.7 Å². The molecule has 1 heteroatoms. The van der Waals surface area contributed by atoms with Crippen LogP contribution in [0, 0.1) is 0 Å². The normalized spacial score (nSPS) is 14.0. The second kappa shape index (κ2) is 8.04. The second-order valence-electron chi connectivity index (χ2n) is 5.75. The number of phenolic OH excluding ortho intramolecular Hbond substituents is 1. The molecule has 106 valence electrons. The van der Waals surface area contributed by atoms with Gasteiger partial charge in [-0.1, -0.05) is 57.7 Å². The maximum atomic E-state index is 9.43. The monoisotopic (exact) mass is 260 g/mol. The molecule has 19 heavy (non-hydrogen) atoms. The summed E-state index contributed by atoms with van der Waals surface area (Å²) in [6, 6.07) is 7.73. The lowest BCUT2D eigenvalue weighted by Crippen LogP contribution is -2.21. The van der Waals surface area contributed by atoms with Gasteiger partial charge < -0.3 is 5.11 Å². The van der Waals surface area contributed by atoms with Crippen LogP contribution in [0.2, 0.25) is 0 Å². The van der Waals surface area contributed by atoms with E-state index in [4.69, 9.17) is 0 Å². The Hall–Kier alpha value is -1.24. The van der Waals surface area contributed by atoms with Gasteiger partial charge in [0.2, 0.25) is 0 Å². The molecule has 0 aromatic heterocycles. The van der Waals surface area contributed by atoms with Crippen molar-refractivity contribution in [1.82, 2.24) is 0 Å². The molecule has 0 saturated heterocycles. The number of rotatable bonds is 9. The summed E-state index contributed by atoms with van der Waals surface area (Å²) < 4.78 is 0. The van der Waals surface area contributed by atoms with Crippen LogP contribution < -0.4 is 0 Å². The summed E-state index contributed by atoms with van der Waals surface area (Å²) in [5.41, 5.74) is 1.54. The van der Waals surface area contributed by atoms with Gasteiger partial charge in [-0.05, 0) is 42.4 Å². The number of unbranched alkanes of at least 4 members (excludes halogenated alkanes) is 3. The second-order valence-corrected chi connectivity index (χ2v) is 5.75. The number of hydrogen-bond donors (Lipinski definition) is 1. The van der Waals surface area contributed by atoms with Gasteiger partial charge >= 0.3 is 0 Å². The van der Waals surface area contributed by atoms with Crippen LogP contribution >= 0.6 is 0 Å². The topological polar surface area (TPSA) is 20.2 Å². The molecule has 1 rings (SSSR count). The van der Waals surface area contributed by atoms with Gasteiger partial charge in [0.15, 0.2) is 0 Å². The summed E-state index contributed by atoms with van der Waals surface area (Å²) in [5, 5.41) is 9.43. The zero-order valence-corrected chi connectivity index (χ0v) is 12.5. The van der Waals surface area contributed by atoms with Crippen LogP contribution in [-0.4, -0.2) is 5.11 Å². The summed E-state index contributed by atoms with van der Waals surface area (Å²) >= 11 is 0. The van der Waals surface area contributed by atoms with Gasteiger partial charge in [0.05, 0.1) is 0 Å². The number of benzene rings is 1. The molecule has 1 unspecified atom stereocenters. The predicted octanol–water partition coefficient (Wildman–Crippen LogP) is 5.59. The van der Waals surface area contributed by atoms with E-state index in [0.29, 0.717) is 5.75 Å². The fourth-order valence-corrected chi connectivity index (χ4v) is 2.64. The molecule has 1 atom stereocenters. The van der Waals surface area contributed by atoms with Gasteiger partial charge in [-0.15, -0.1) is 6.58 Å². The molecule has 1 N–H and O–H groups in total. The molecule has 0 heterocycles. The van der Waals surface area contributed by atoms with Crippen molar-refractivity contribution in [3.8, 4) is 5.75 Å². The smallest absolute Gasteiger partial charge is 0.115 e. The van der Waals surface area contributed by atoms with Crippen molar-refractivity contribution in [3.05, 3.63) is 42.5 Å². The average molecular weight is 260 g/mol. The molecule has 1 aromatic rings. The molecule has 0 radical (unpaired) electrons. The quantitative estimate of drug-likeness (QED) is 0.453. The number of aromatic hydroxyl groups is 1. The number of allylic oxidation sites excluding steroid dienone is 1. The molecule has 0 fully saturated rings. The summed E-state index contributed by atoms with van der Waals surface area (Å²) in [6.45, 7) is 8.43. The first-order chi connectivity index (χ1) is 9.12. The molecule has 1 aromatic carbocycles. The molecule has 0 spiro atoms. The minimum atomic E-state index is 0.204. The maximum Gasteiger partial charge on any atom is 0.115 e. The highest BCUT2D eigenvalue weighted by atomic mass is 16.3. The van der Waals surface area contributed by atoms with Gasteiger partial charge in [0.25, 0.3) is 0 Å². The van der Waals surface area contributed by atoms with Crippen LogP contribution in [0.5, 0.6) is 5.75 Å². The zero-order chi connectivity index (χ0) is 14.1. The first-order valence-corrected chi connectivity index (χ1v) is 7.53. The maximum absolute atomic E-state index is 9.43. The van der Waals surface area contributed by atoms with Crippen molar-refractivity contribution in [1.29, 1.82) is 0 Å². The molecule has 1 nitrogen and oxygen atoms in total. The molecule has 0 aliphatic carbocycles. The van der Waals surface area contributed by atoms with E-state index < -0.39 is 0 Å². The lowest BCUT2D eigenvalue weighted by Gasteiger charge is -2.30. The molecular weight excluding hydrogens is 232 g/mol. The summed E-state index contributed by atoms with van der Waals surface area (Å²) in [4.78, 5) is 0. The summed E-state index contributed by atoms with van der Waals surface area (Å²) in [7, 11) is 0. The van der Waals surface area contributed by atoms with Gasteiger partial charge in [-0.2, -0.15) is 0 Å². The van der Waals surface area contributed by atoms with Crippen molar-refractivity contribution in [2.45, 2.75) is 64.2 Å². The first kappa shape index (κ1) is 15.8. The largest absolute Gasteiger partial charge is 0.508 e. The van der Waals surface area contributed by atoms with Crippen molar-refractivity contribution < 1.29 is 5.11 Å². The highest BCUT2D eigenvalue weighted by Crippen LogP contribution is 2.35. The van der Waals surface area contributed by atoms with E-state index >= 15 is 0 Å². The Morgan fingerprint density at radius 1 is 1.11 bits per heavy atom. The predicted molar refractivity (Wildman–Crippen MR) is 83.6 cm³/mol. The third kappa shape index (κ3) is 5.10. The van der Waals surface area contributed by atoms with E-state index in [1.54, 1.807) is 12.1 Å². The first-order valence-electron chi connectivity index (χ1n) is 7.53. The third-order valence-electron chi connectivity index (χ3n) is 4.05. The highest BCUT2D eigenvalue weighted by Gasteiger charge is 2.25. The molecule has 0 aliphatic heterocycles. The average Bonchev–Trinajstić information content (AvgIpc) is 2.42. The van der Waals surface area contributed by atoms with Crippen LogP contribution in [-0.2, 0) is 5.41 Å². The molecule has 0 saturated carbocycles. The lowest BCUT2D eigenvalue weighted by molar-refractivity contribution is 0.383. The molecule has 0 aliphatic rings. The Morgan fingerprint density at radius 2 is 1.79 bits per heavy atom. The van der Waals surface area contributed by atoms with Crippen molar-refractivity contribution in [2.75, 3.05) is 0 Å². The SMILES string of the molecule is C=CCCC(C)(CCCCCC)c1ccc(O)cc1. The Kier molecular flexibility index (Phi) is 6.69. The Morgan fingerprint density at radius 3 is 2.37 bits per heavy atom. The molecule has 0 amide bonds.